The summed E-state index contributed by atoms with van der Waals surface area (Å²) in [5.74, 6) is 0.691. The second-order valence-corrected chi connectivity index (χ2v) is 7.05. The third-order valence-electron chi connectivity index (χ3n) is 4.64. The second-order valence-electron chi connectivity index (χ2n) is 7.05. The molecule has 0 saturated carbocycles. The number of rotatable bonds is 5. The van der Waals surface area contributed by atoms with Crippen LogP contribution in [0.5, 0.6) is 5.75 Å². The number of carbonyl (C=O) groups is 1. The number of carbonyl (C=O) groups excluding carboxylic acids is 1. The summed E-state index contributed by atoms with van der Waals surface area (Å²) >= 11 is 0. The molecule has 0 saturated heterocycles. The fourth-order valence-corrected chi connectivity index (χ4v) is 3.39. The molecule has 1 aliphatic rings. The average Bonchev–Trinajstić information content (AvgIpc) is 3.13. The Morgan fingerprint density at radius 2 is 1.89 bits per heavy atom. The minimum Gasteiger partial charge on any atom is -0.489 e. The van der Waals surface area contributed by atoms with Gasteiger partial charge in [-0.1, -0.05) is 30.3 Å². The van der Waals surface area contributed by atoms with E-state index in [1.54, 1.807) is 17.2 Å². The minimum absolute atomic E-state index is 0.0766. The Labute approximate surface area is 165 Å². The van der Waals surface area contributed by atoms with Gasteiger partial charge in [0, 0.05) is 24.1 Å². The van der Waals surface area contributed by atoms with Gasteiger partial charge in [0.1, 0.15) is 11.4 Å². The fraction of sp³-hybridized carbons (Fsp3) is 0.217. The number of ether oxygens (including phenoxy) is 1. The molecule has 1 amide bonds. The van der Waals surface area contributed by atoms with Crippen LogP contribution in [-0.4, -0.2) is 23.5 Å². The monoisotopic (exact) mass is 373 g/mol. The first kappa shape index (κ1) is 18.0. The summed E-state index contributed by atoms with van der Waals surface area (Å²) in [5, 5.41) is 3.35. The molecule has 1 N–H and O–H groups in total. The van der Waals surface area contributed by atoms with Crippen molar-refractivity contribution >= 4 is 23.0 Å². The van der Waals surface area contributed by atoms with Gasteiger partial charge < -0.3 is 15.0 Å². The molecule has 0 atom stereocenters. The summed E-state index contributed by atoms with van der Waals surface area (Å²) < 4.78 is 5.86. The molecular weight excluding hydrogens is 350 g/mol. The Hall–Kier alpha value is -3.34. The van der Waals surface area contributed by atoms with Crippen molar-refractivity contribution in [3.8, 4) is 5.75 Å². The molecule has 5 nitrogen and oxygen atoms in total. The van der Waals surface area contributed by atoms with Gasteiger partial charge in [0.05, 0.1) is 11.8 Å². The summed E-state index contributed by atoms with van der Waals surface area (Å²) in [6.45, 7) is 4.67. The van der Waals surface area contributed by atoms with Gasteiger partial charge in [0.15, 0.2) is 0 Å². The highest BCUT2D eigenvalue weighted by Crippen LogP contribution is 2.30. The van der Waals surface area contributed by atoms with Crippen LogP contribution in [0.2, 0.25) is 0 Å². The highest BCUT2D eigenvalue weighted by Gasteiger charge is 2.26. The molecular formula is C23H23N3O2. The number of para-hydroxylation sites is 3. The summed E-state index contributed by atoms with van der Waals surface area (Å²) in [4.78, 5) is 19.1. The van der Waals surface area contributed by atoms with E-state index in [0.29, 0.717) is 12.2 Å². The molecule has 0 unspecified atom stereocenters. The minimum atomic E-state index is -0.0830. The van der Waals surface area contributed by atoms with Crippen molar-refractivity contribution in [2.24, 2.45) is 0 Å². The number of nitrogens with one attached hydrogen (secondary N) is 1. The zero-order valence-electron chi connectivity index (χ0n) is 16.1. The van der Waals surface area contributed by atoms with Gasteiger partial charge in [0.2, 0.25) is 0 Å². The van der Waals surface area contributed by atoms with E-state index in [2.05, 4.69) is 16.4 Å². The number of pyridine rings is 1. The normalized spacial score (nSPS) is 12.8. The first-order chi connectivity index (χ1) is 13.6. The van der Waals surface area contributed by atoms with Gasteiger partial charge in [-0.15, -0.1) is 0 Å². The van der Waals surface area contributed by atoms with Gasteiger partial charge in [-0.05, 0) is 56.2 Å². The van der Waals surface area contributed by atoms with Crippen LogP contribution in [0.4, 0.5) is 17.1 Å². The lowest BCUT2D eigenvalue weighted by molar-refractivity contribution is 0.0984. The van der Waals surface area contributed by atoms with Crippen LogP contribution < -0.4 is 15.0 Å². The SMILES string of the molecule is CC(C)Oc1ccccc1Nc1ccnc(C(=O)N2CCc3ccccc32)c1. The van der Waals surface area contributed by atoms with E-state index >= 15 is 0 Å². The predicted molar refractivity (Wildman–Crippen MR) is 112 cm³/mol. The molecule has 0 fully saturated rings. The van der Waals surface area contributed by atoms with Gasteiger partial charge in [0.25, 0.3) is 5.91 Å². The number of anilines is 3. The number of aromatic nitrogens is 1. The van der Waals surface area contributed by atoms with Crippen LogP contribution in [0.25, 0.3) is 0 Å². The van der Waals surface area contributed by atoms with E-state index in [4.69, 9.17) is 4.74 Å². The number of nitrogens with zero attached hydrogens (tertiary/aromatic N) is 2. The summed E-state index contributed by atoms with van der Waals surface area (Å²) in [5.41, 5.74) is 4.25. The highest BCUT2D eigenvalue weighted by molar-refractivity contribution is 6.06. The fourth-order valence-electron chi connectivity index (χ4n) is 3.39. The largest absolute Gasteiger partial charge is 0.489 e. The molecule has 5 heteroatoms. The number of hydrogen-bond acceptors (Lipinski definition) is 4. The Morgan fingerprint density at radius 1 is 1.11 bits per heavy atom. The molecule has 0 radical (unpaired) electrons. The molecule has 3 aromatic rings. The summed E-state index contributed by atoms with van der Waals surface area (Å²) in [6, 6.07) is 19.4. The second kappa shape index (κ2) is 7.72. The number of amides is 1. The van der Waals surface area contributed by atoms with E-state index < -0.39 is 0 Å². The molecule has 1 aliphatic heterocycles. The third kappa shape index (κ3) is 3.69. The van der Waals surface area contributed by atoms with Crippen LogP contribution in [0.15, 0.2) is 66.9 Å². The van der Waals surface area contributed by atoms with Crippen LogP contribution in [0, 0.1) is 0 Å². The van der Waals surface area contributed by atoms with E-state index in [9.17, 15) is 4.79 Å². The molecule has 28 heavy (non-hydrogen) atoms. The predicted octanol–water partition coefficient (Wildman–Crippen LogP) is 4.82. The lowest BCUT2D eigenvalue weighted by atomic mass is 10.2. The Kier molecular flexibility index (Phi) is 4.98. The first-order valence-corrected chi connectivity index (χ1v) is 9.50. The first-order valence-electron chi connectivity index (χ1n) is 9.50. The molecule has 0 bridgehead atoms. The molecule has 0 spiro atoms. The Balaban J connectivity index is 1.57. The number of benzene rings is 2. The number of fused-ring (bicyclic) bond motifs is 1. The van der Waals surface area contributed by atoms with Gasteiger partial charge in [-0.3, -0.25) is 9.78 Å². The Bertz CT molecular complexity index is 1000. The van der Waals surface area contributed by atoms with Crippen LogP contribution in [0.1, 0.15) is 29.9 Å². The maximum Gasteiger partial charge on any atom is 0.276 e. The Morgan fingerprint density at radius 3 is 2.75 bits per heavy atom. The van der Waals surface area contributed by atoms with Crippen LogP contribution in [0.3, 0.4) is 0 Å². The van der Waals surface area contributed by atoms with Crippen molar-refractivity contribution in [2.45, 2.75) is 26.4 Å². The van der Waals surface area contributed by atoms with Crippen LogP contribution in [-0.2, 0) is 6.42 Å². The van der Waals surface area contributed by atoms with E-state index in [1.165, 1.54) is 5.56 Å². The van der Waals surface area contributed by atoms with E-state index in [0.717, 1.165) is 29.2 Å². The van der Waals surface area contributed by atoms with Crippen molar-refractivity contribution in [3.05, 3.63) is 78.1 Å². The molecule has 2 aromatic carbocycles. The summed E-state index contributed by atoms with van der Waals surface area (Å²) in [7, 11) is 0. The zero-order valence-corrected chi connectivity index (χ0v) is 16.1. The smallest absolute Gasteiger partial charge is 0.276 e. The van der Waals surface area contributed by atoms with Crippen LogP contribution >= 0.6 is 0 Å². The molecule has 142 valence electrons. The average molecular weight is 373 g/mol. The zero-order chi connectivity index (χ0) is 19.5. The highest BCUT2D eigenvalue weighted by atomic mass is 16.5. The van der Waals surface area contributed by atoms with Crippen molar-refractivity contribution in [3.63, 3.8) is 0 Å². The lowest BCUT2D eigenvalue weighted by Gasteiger charge is -2.18. The van der Waals surface area contributed by atoms with Crippen molar-refractivity contribution in [1.82, 2.24) is 4.98 Å². The standard InChI is InChI=1S/C23H23N3O2/c1-16(2)28-22-10-6-4-8-19(22)25-18-11-13-24-20(15-18)23(27)26-14-12-17-7-3-5-9-21(17)26/h3-11,13,15-16H,12,14H2,1-2H3,(H,24,25). The maximum atomic E-state index is 13.0. The maximum absolute atomic E-state index is 13.0. The quantitative estimate of drug-likeness (QED) is 0.697. The van der Waals surface area contributed by atoms with E-state index in [1.807, 2.05) is 62.4 Å². The molecule has 1 aromatic heterocycles. The van der Waals surface area contributed by atoms with Gasteiger partial charge in [-0.25, -0.2) is 0 Å². The molecule has 0 aliphatic carbocycles. The number of hydrogen-bond donors (Lipinski definition) is 1. The van der Waals surface area contributed by atoms with Gasteiger partial charge >= 0.3 is 0 Å². The van der Waals surface area contributed by atoms with Crippen molar-refractivity contribution in [1.29, 1.82) is 0 Å². The third-order valence-corrected chi connectivity index (χ3v) is 4.64. The molecule has 2 heterocycles. The van der Waals surface area contributed by atoms with Gasteiger partial charge in [-0.2, -0.15) is 0 Å². The lowest BCUT2D eigenvalue weighted by Crippen LogP contribution is -2.29. The topological polar surface area (TPSA) is 54.5 Å². The molecule has 4 rings (SSSR count). The van der Waals surface area contributed by atoms with Crippen molar-refractivity contribution in [2.75, 3.05) is 16.8 Å². The van der Waals surface area contributed by atoms with Crippen molar-refractivity contribution < 1.29 is 9.53 Å². The summed E-state index contributed by atoms with van der Waals surface area (Å²) in [6.07, 6.45) is 2.61. The van der Waals surface area contributed by atoms with E-state index in [-0.39, 0.29) is 12.0 Å².